The smallest absolute Gasteiger partial charge is 0.225 e. The molecule has 1 amide bonds. The van der Waals surface area contributed by atoms with Crippen molar-refractivity contribution in [3.63, 3.8) is 0 Å². The number of piperazine rings is 1. The van der Waals surface area contributed by atoms with Gasteiger partial charge in [0, 0.05) is 43.9 Å². The molecule has 4 nitrogen and oxygen atoms in total. The van der Waals surface area contributed by atoms with Crippen molar-refractivity contribution in [2.75, 3.05) is 26.2 Å². The van der Waals surface area contributed by atoms with Crippen LogP contribution in [0.5, 0.6) is 0 Å². The molecular weight excluding hydrogens is 384 g/mol. The fourth-order valence-electron chi connectivity index (χ4n) is 6.02. The number of carbonyl (C=O) groups excluding carboxylic acids is 2. The quantitative estimate of drug-likeness (QED) is 0.746. The van der Waals surface area contributed by atoms with E-state index < -0.39 is 0 Å². The summed E-state index contributed by atoms with van der Waals surface area (Å²) in [4.78, 5) is 30.3. The molecule has 0 radical (unpaired) electrons. The highest BCUT2D eigenvalue weighted by Crippen LogP contribution is 2.41. The highest BCUT2D eigenvalue weighted by atomic mass is 16.2. The number of fused-ring (bicyclic) bond motifs is 2. The molecule has 0 spiro atoms. The average Bonchev–Trinajstić information content (AvgIpc) is 2.81. The van der Waals surface area contributed by atoms with Crippen molar-refractivity contribution in [3.05, 3.63) is 71.8 Å². The monoisotopic (exact) mass is 416 g/mol. The largest absolute Gasteiger partial charge is 0.340 e. The Hall–Kier alpha value is -2.46. The van der Waals surface area contributed by atoms with E-state index in [1.165, 1.54) is 11.1 Å². The van der Waals surface area contributed by atoms with Crippen molar-refractivity contribution in [3.8, 4) is 0 Å². The third kappa shape index (κ3) is 4.18. The fraction of sp³-hybridized carbons (Fsp3) is 0.481. The van der Waals surface area contributed by atoms with E-state index in [1.54, 1.807) is 0 Å². The van der Waals surface area contributed by atoms with Crippen LogP contribution in [0.1, 0.15) is 49.3 Å². The molecule has 2 saturated carbocycles. The Morgan fingerprint density at radius 2 is 1.29 bits per heavy atom. The van der Waals surface area contributed by atoms with Crippen molar-refractivity contribution in [2.45, 2.75) is 38.1 Å². The summed E-state index contributed by atoms with van der Waals surface area (Å²) in [6.07, 6.45) is 4.70. The summed E-state index contributed by atoms with van der Waals surface area (Å²) in [6, 6.07) is 21.6. The number of Topliss-reactive ketones (excluding diaryl/α,β-unsaturated/α-hetero) is 1. The van der Waals surface area contributed by atoms with Crippen molar-refractivity contribution < 1.29 is 9.59 Å². The van der Waals surface area contributed by atoms with E-state index in [2.05, 4.69) is 70.5 Å². The lowest BCUT2D eigenvalue weighted by atomic mass is 9.67. The summed E-state index contributed by atoms with van der Waals surface area (Å²) in [6.45, 7) is 3.29. The second-order valence-corrected chi connectivity index (χ2v) is 9.48. The van der Waals surface area contributed by atoms with Crippen molar-refractivity contribution >= 4 is 11.7 Å². The third-order valence-corrected chi connectivity index (χ3v) is 7.62. The molecule has 5 rings (SSSR count). The zero-order valence-corrected chi connectivity index (χ0v) is 18.2. The number of amides is 1. The first kappa shape index (κ1) is 20.4. The highest BCUT2D eigenvalue weighted by molar-refractivity contribution is 5.88. The van der Waals surface area contributed by atoms with Gasteiger partial charge >= 0.3 is 0 Å². The molecule has 3 aliphatic rings. The van der Waals surface area contributed by atoms with E-state index in [4.69, 9.17) is 0 Å². The Morgan fingerprint density at radius 3 is 1.81 bits per heavy atom. The Morgan fingerprint density at radius 1 is 0.774 bits per heavy atom. The first-order valence-electron chi connectivity index (χ1n) is 11.9. The molecular formula is C27H32N2O2. The van der Waals surface area contributed by atoms with Crippen LogP contribution in [0.2, 0.25) is 0 Å². The number of nitrogens with zero attached hydrogens (tertiary/aromatic N) is 2. The minimum absolute atomic E-state index is 0.0543. The maximum absolute atomic E-state index is 13.3. The second kappa shape index (κ2) is 8.96. The van der Waals surface area contributed by atoms with Gasteiger partial charge in [-0.15, -0.1) is 0 Å². The first-order valence-corrected chi connectivity index (χ1v) is 11.9. The molecule has 0 aromatic heterocycles. The van der Waals surface area contributed by atoms with Gasteiger partial charge in [-0.2, -0.15) is 0 Å². The molecule has 3 fully saturated rings. The maximum Gasteiger partial charge on any atom is 0.225 e. The maximum atomic E-state index is 13.3. The molecule has 4 heteroatoms. The predicted octanol–water partition coefficient (Wildman–Crippen LogP) is 4.32. The summed E-state index contributed by atoms with van der Waals surface area (Å²) in [5, 5.41) is 0. The zero-order valence-electron chi connectivity index (χ0n) is 18.2. The topological polar surface area (TPSA) is 40.6 Å². The van der Waals surface area contributed by atoms with E-state index in [1.807, 2.05) is 0 Å². The Bertz CT molecular complexity index is 850. The van der Waals surface area contributed by atoms with Crippen LogP contribution in [0.15, 0.2) is 60.7 Å². The van der Waals surface area contributed by atoms with Crippen LogP contribution in [0, 0.1) is 17.8 Å². The Labute approximate surface area is 185 Å². The van der Waals surface area contributed by atoms with Crippen LogP contribution in [0.3, 0.4) is 0 Å². The lowest BCUT2D eigenvalue weighted by Crippen LogP contribution is -2.52. The number of carbonyl (C=O) groups is 2. The molecule has 2 unspecified atom stereocenters. The van der Waals surface area contributed by atoms with Gasteiger partial charge in [-0.3, -0.25) is 14.5 Å². The van der Waals surface area contributed by atoms with Gasteiger partial charge in [0.05, 0.1) is 6.04 Å². The molecule has 2 aromatic rings. The van der Waals surface area contributed by atoms with Gasteiger partial charge < -0.3 is 4.90 Å². The third-order valence-electron chi connectivity index (χ3n) is 7.62. The minimum atomic E-state index is 0.0543. The van der Waals surface area contributed by atoms with E-state index in [0.29, 0.717) is 11.7 Å². The average molecular weight is 417 g/mol. The van der Waals surface area contributed by atoms with Crippen LogP contribution in [0.4, 0.5) is 0 Å². The standard InChI is InChI=1S/C27H32N2O2/c30-26-22-12-7-13-23(26)19-24(18-22)27(31)29-16-14-28(15-17-29)25(20-8-3-1-4-9-20)21-10-5-2-6-11-21/h1-6,8-11,22-25H,7,12-19H2. The number of hydrogen-bond acceptors (Lipinski definition) is 3. The van der Waals surface area contributed by atoms with Gasteiger partial charge in [-0.1, -0.05) is 67.1 Å². The van der Waals surface area contributed by atoms with E-state index in [0.717, 1.165) is 58.3 Å². The number of benzene rings is 2. The van der Waals surface area contributed by atoms with Gasteiger partial charge in [0.2, 0.25) is 5.91 Å². The molecule has 31 heavy (non-hydrogen) atoms. The fourth-order valence-corrected chi connectivity index (χ4v) is 6.02. The van der Waals surface area contributed by atoms with E-state index in [9.17, 15) is 9.59 Å². The molecule has 1 saturated heterocycles. The van der Waals surface area contributed by atoms with Gasteiger partial charge in [-0.25, -0.2) is 0 Å². The molecule has 1 heterocycles. The van der Waals surface area contributed by atoms with E-state index >= 15 is 0 Å². The van der Waals surface area contributed by atoms with Gasteiger partial charge in [0.25, 0.3) is 0 Å². The lowest BCUT2D eigenvalue weighted by molar-refractivity contribution is -0.144. The normalized spacial score (nSPS) is 26.8. The highest BCUT2D eigenvalue weighted by Gasteiger charge is 2.42. The molecule has 2 bridgehead atoms. The first-order chi connectivity index (χ1) is 15.2. The summed E-state index contributed by atoms with van der Waals surface area (Å²) < 4.78 is 0. The van der Waals surface area contributed by atoms with Crippen molar-refractivity contribution in [1.29, 1.82) is 0 Å². The zero-order chi connectivity index (χ0) is 21.2. The second-order valence-electron chi connectivity index (χ2n) is 9.48. The molecule has 2 atom stereocenters. The SMILES string of the molecule is O=C1C2CCCC1CC(C(=O)N1CCN(C(c3ccccc3)c3ccccc3)CC1)C2. The summed E-state index contributed by atoms with van der Waals surface area (Å²) in [5.74, 6) is 1.07. The molecule has 0 N–H and O–H groups in total. The Kier molecular flexibility index (Phi) is 5.91. The number of rotatable bonds is 4. The Balaban J connectivity index is 1.27. The number of hydrogen-bond donors (Lipinski definition) is 0. The van der Waals surface area contributed by atoms with Gasteiger partial charge in [-0.05, 0) is 36.8 Å². The summed E-state index contributed by atoms with van der Waals surface area (Å²) in [5.41, 5.74) is 2.60. The minimum Gasteiger partial charge on any atom is -0.340 e. The van der Waals surface area contributed by atoms with Gasteiger partial charge in [0.15, 0.2) is 0 Å². The molecule has 1 aliphatic heterocycles. The van der Waals surface area contributed by atoms with Crippen LogP contribution < -0.4 is 0 Å². The van der Waals surface area contributed by atoms with Crippen LogP contribution in [0.25, 0.3) is 0 Å². The van der Waals surface area contributed by atoms with Gasteiger partial charge in [0.1, 0.15) is 5.78 Å². The number of ketones is 1. The van der Waals surface area contributed by atoms with Crippen LogP contribution in [-0.4, -0.2) is 47.7 Å². The van der Waals surface area contributed by atoms with E-state index in [-0.39, 0.29) is 23.8 Å². The lowest BCUT2D eigenvalue weighted by Gasteiger charge is -2.43. The molecule has 2 aliphatic carbocycles. The summed E-state index contributed by atoms with van der Waals surface area (Å²) >= 11 is 0. The predicted molar refractivity (Wildman–Crippen MR) is 121 cm³/mol. The van der Waals surface area contributed by atoms with Crippen molar-refractivity contribution in [1.82, 2.24) is 9.80 Å². The van der Waals surface area contributed by atoms with Crippen LogP contribution in [-0.2, 0) is 9.59 Å². The summed E-state index contributed by atoms with van der Waals surface area (Å²) in [7, 11) is 0. The van der Waals surface area contributed by atoms with Crippen LogP contribution >= 0.6 is 0 Å². The molecule has 162 valence electrons. The molecule has 2 aromatic carbocycles. The van der Waals surface area contributed by atoms with Crippen molar-refractivity contribution in [2.24, 2.45) is 17.8 Å².